The number of hydrogen-bond donors (Lipinski definition) is 0. The minimum Gasteiger partial charge on any atom is -0.497 e. The van der Waals surface area contributed by atoms with Crippen LogP contribution in [0.25, 0.3) is 4.48 Å². The maximum Gasteiger partial charge on any atom is 0.119 e. The molecular formula is C11H11BrO. The van der Waals surface area contributed by atoms with Crippen molar-refractivity contribution < 1.29 is 4.74 Å². The fourth-order valence-corrected chi connectivity index (χ4v) is 2.18. The van der Waals surface area contributed by atoms with Crippen LogP contribution in [0.1, 0.15) is 18.1 Å². The average Bonchev–Trinajstić information content (AvgIpc) is 2.42. The molecule has 2 heteroatoms. The Labute approximate surface area is 86.5 Å². The maximum atomic E-state index is 5.18. The van der Waals surface area contributed by atoms with Gasteiger partial charge in [0.1, 0.15) is 5.75 Å². The topological polar surface area (TPSA) is 9.23 Å². The molecule has 1 nitrogen and oxygen atoms in total. The van der Waals surface area contributed by atoms with E-state index in [0.717, 1.165) is 12.2 Å². The van der Waals surface area contributed by atoms with Crippen molar-refractivity contribution in [2.24, 2.45) is 0 Å². The highest BCUT2D eigenvalue weighted by Gasteiger charge is 2.16. The van der Waals surface area contributed by atoms with E-state index in [-0.39, 0.29) is 0 Å². The highest BCUT2D eigenvalue weighted by Crippen LogP contribution is 2.38. The molecule has 1 aromatic rings. The zero-order valence-electron chi connectivity index (χ0n) is 7.73. The van der Waals surface area contributed by atoms with Gasteiger partial charge in [0.25, 0.3) is 0 Å². The predicted molar refractivity (Wildman–Crippen MR) is 58.2 cm³/mol. The van der Waals surface area contributed by atoms with E-state index in [0.29, 0.717) is 0 Å². The molecule has 0 heterocycles. The lowest BCUT2D eigenvalue weighted by Crippen LogP contribution is -1.87. The molecule has 0 saturated heterocycles. The highest BCUT2D eigenvalue weighted by molar-refractivity contribution is 9.15. The van der Waals surface area contributed by atoms with Gasteiger partial charge in [0, 0.05) is 4.48 Å². The molecule has 1 aliphatic rings. The van der Waals surface area contributed by atoms with E-state index >= 15 is 0 Å². The van der Waals surface area contributed by atoms with Crippen LogP contribution < -0.4 is 4.74 Å². The van der Waals surface area contributed by atoms with E-state index in [4.69, 9.17) is 4.74 Å². The van der Waals surface area contributed by atoms with Crippen molar-refractivity contribution in [1.29, 1.82) is 0 Å². The molecule has 0 fully saturated rings. The van der Waals surface area contributed by atoms with Crippen LogP contribution >= 0.6 is 15.9 Å². The van der Waals surface area contributed by atoms with Gasteiger partial charge in [-0.1, -0.05) is 21.5 Å². The van der Waals surface area contributed by atoms with Crippen molar-refractivity contribution in [1.82, 2.24) is 0 Å². The summed E-state index contributed by atoms with van der Waals surface area (Å²) in [5, 5.41) is 0. The van der Waals surface area contributed by atoms with Gasteiger partial charge in [-0.15, -0.1) is 0 Å². The summed E-state index contributed by atoms with van der Waals surface area (Å²) in [5.41, 5.74) is 4.05. The van der Waals surface area contributed by atoms with E-state index in [1.807, 2.05) is 6.07 Å². The number of benzene rings is 1. The summed E-state index contributed by atoms with van der Waals surface area (Å²) in [4.78, 5) is 0. The lowest BCUT2D eigenvalue weighted by Gasteiger charge is -2.03. The Morgan fingerprint density at radius 2 is 2.15 bits per heavy atom. The molecule has 0 unspecified atom stereocenters. The molecule has 1 aliphatic carbocycles. The van der Waals surface area contributed by atoms with Gasteiger partial charge in [0.05, 0.1) is 7.11 Å². The van der Waals surface area contributed by atoms with Gasteiger partial charge in [0.15, 0.2) is 0 Å². The first-order valence-corrected chi connectivity index (χ1v) is 5.04. The third-order valence-corrected chi connectivity index (χ3v) is 3.48. The van der Waals surface area contributed by atoms with Gasteiger partial charge in [-0.2, -0.15) is 0 Å². The van der Waals surface area contributed by atoms with Crippen LogP contribution in [0.5, 0.6) is 5.75 Å². The first-order chi connectivity index (χ1) is 6.22. The van der Waals surface area contributed by atoms with E-state index in [9.17, 15) is 0 Å². The SMILES string of the molecule is COc1ccc2c(c1)CC(C)=C2Br. The molecule has 0 atom stereocenters. The van der Waals surface area contributed by atoms with Crippen LogP contribution in [-0.4, -0.2) is 7.11 Å². The lowest BCUT2D eigenvalue weighted by atomic mass is 10.1. The summed E-state index contributed by atoms with van der Waals surface area (Å²) in [5.74, 6) is 0.939. The first kappa shape index (κ1) is 8.82. The Morgan fingerprint density at radius 3 is 2.85 bits per heavy atom. The van der Waals surface area contributed by atoms with Gasteiger partial charge in [-0.05, 0) is 42.7 Å². The fourth-order valence-electron chi connectivity index (χ4n) is 1.65. The molecule has 0 N–H and O–H groups in total. The van der Waals surface area contributed by atoms with Crippen molar-refractivity contribution in [2.45, 2.75) is 13.3 Å². The van der Waals surface area contributed by atoms with Crippen molar-refractivity contribution in [3.63, 3.8) is 0 Å². The molecule has 0 saturated carbocycles. The monoisotopic (exact) mass is 238 g/mol. The second-order valence-corrected chi connectivity index (χ2v) is 4.09. The molecule has 0 spiro atoms. The van der Waals surface area contributed by atoms with Crippen LogP contribution in [0.4, 0.5) is 0 Å². The minimum atomic E-state index is 0.939. The maximum absolute atomic E-state index is 5.18. The molecule has 2 rings (SSSR count). The normalized spacial score (nSPS) is 14.7. The van der Waals surface area contributed by atoms with Crippen LogP contribution in [0, 0.1) is 0 Å². The second-order valence-electron chi connectivity index (χ2n) is 3.29. The number of hydrogen-bond acceptors (Lipinski definition) is 1. The Morgan fingerprint density at radius 1 is 1.38 bits per heavy atom. The Kier molecular flexibility index (Phi) is 2.16. The summed E-state index contributed by atoms with van der Waals surface area (Å²) in [6.07, 6.45) is 1.03. The standard InChI is InChI=1S/C11H11BrO/c1-7-5-8-6-9(13-2)3-4-10(8)11(7)12/h3-4,6H,5H2,1-2H3. The van der Waals surface area contributed by atoms with Crippen molar-refractivity contribution >= 4 is 20.4 Å². The number of fused-ring (bicyclic) bond motifs is 1. The van der Waals surface area contributed by atoms with Crippen molar-refractivity contribution in [3.8, 4) is 5.75 Å². The Hall–Kier alpha value is -0.760. The third kappa shape index (κ3) is 1.39. The van der Waals surface area contributed by atoms with Crippen LogP contribution in [0.15, 0.2) is 23.8 Å². The van der Waals surface area contributed by atoms with E-state index in [2.05, 4.69) is 35.0 Å². The smallest absolute Gasteiger partial charge is 0.119 e. The first-order valence-electron chi connectivity index (χ1n) is 4.25. The van der Waals surface area contributed by atoms with E-state index in [1.54, 1.807) is 7.11 Å². The molecule has 13 heavy (non-hydrogen) atoms. The number of ether oxygens (including phenoxy) is 1. The second kappa shape index (κ2) is 3.18. The predicted octanol–water partition coefficient (Wildman–Crippen LogP) is 3.38. The summed E-state index contributed by atoms with van der Waals surface area (Å²) < 4.78 is 6.42. The average molecular weight is 239 g/mol. The quantitative estimate of drug-likeness (QED) is 0.729. The number of allylic oxidation sites excluding steroid dienone is 1. The van der Waals surface area contributed by atoms with Crippen molar-refractivity contribution in [3.05, 3.63) is 34.9 Å². The molecule has 0 aromatic heterocycles. The third-order valence-electron chi connectivity index (χ3n) is 2.38. The number of rotatable bonds is 1. The molecule has 0 amide bonds. The summed E-state index contributed by atoms with van der Waals surface area (Å²) in [6.45, 7) is 2.15. The summed E-state index contributed by atoms with van der Waals surface area (Å²) >= 11 is 3.59. The summed E-state index contributed by atoms with van der Waals surface area (Å²) in [6, 6.07) is 6.21. The lowest BCUT2D eigenvalue weighted by molar-refractivity contribution is 0.414. The van der Waals surface area contributed by atoms with Crippen LogP contribution in [-0.2, 0) is 6.42 Å². The highest BCUT2D eigenvalue weighted by atomic mass is 79.9. The molecule has 1 aromatic carbocycles. The van der Waals surface area contributed by atoms with Gasteiger partial charge in [-0.3, -0.25) is 0 Å². The summed E-state index contributed by atoms with van der Waals surface area (Å²) in [7, 11) is 1.70. The van der Waals surface area contributed by atoms with Gasteiger partial charge >= 0.3 is 0 Å². The Balaban J connectivity index is 2.48. The van der Waals surface area contributed by atoms with Gasteiger partial charge in [-0.25, -0.2) is 0 Å². The molecule has 0 bridgehead atoms. The molecule has 0 radical (unpaired) electrons. The van der Waals surface area contributed by atoms with Crippen LogP contribution in [0.3, 0.4) is 0 Å². The zero-order valence-corrected chi connectivity index (χ0v) is 9.31. The van der Waals surface area contributed by atoms with E-state index in [1.165, 1.54) is 21.2 Å². The zero-order chi connectivity index (χ0) is 9.42. The van der Waals surface area contributed by atoms with Gasteiger partial charge < -0.3 is 4.74 Å². The van der Waals surface area contributed by atoms with Crippen LogP contribution in [0.2, 0.25) is 0 Å². The van der Waals surface area contributed by atoms with Crippen molar-refractivity contribution in [2.75, 3.05) is 7.11 Å². The molecular weight excluding hydrogens is 228 g/mol. The molecule has 0 aliphatic heterocycles. The molecule has 68 valence electrons. The van der Waals surface area contributed by atoms with E-state index < -0.39 is 0 Å². The Bertz CT molecular complexity index is 380. The van der Waals surface area contributed by atoms with Gasteiger partial charge in [0.2, 0.25) is 0 Å². The number of halogens is 1. The largest absolute Gasteiger partial charge is 0.497 e. The number of methoxy groups -OCH3 is 1. The minimum absolute atomic E-state index is 0.939. The fraction of sp³-hybridized carbons (Fsp3) is 0.273.